The zero-order chi connectivity index (χ0) is 17.8. The molecule has 0 aromatic heterocycles. The Labute approximate surface area is 149 Å². The van der Waals surface area contributed by atoms with Gasteiger partial charge in [-0.3, -0.25) is 9.59 Å². The molecular formula is C18H15ClN2O4. The number of hydrogen-bond acceptors (Lipinski definition) is 4. The zero-order valence-corrected chi connectivity index (χ0v) is 14.1. The SMILES string of the molecule is CC(=O)Nc1ccc(Cl)cc1NC(=O)/C=C/c1ccc2c(c1)OCO2. The third-order valence-corrected chi connectivity index (χ3v) is 3.61. The normalized spacial score (nSPS) is 12.2. The van der Waals surface area contributed by atoms with E-state index in [1.54, 1.807) is 36.4 Å². The highest BCUT2D eigenvalue weighted by Gasteiger charge is 2.12. The van der Waals surface area contributed by atoms with Crippen molar-refractivity contribution < 1.29 is 19.1 Å². The third kappa shape index (κ3) is 4.30. The van der Waals surface area contributed by atoms with Gasteiger partial charge in [-0.1, -0.05) is 17.7 Å². The van der Waals surface area contributed by atoms with Gasteiger partial charge in [-0.2, -0.15) is 0 Å². The van der Waals surface area contributed by atoms with Crippen molar-refractivity contribution in [1.82, 2.24) is 0 Å². The highest BCUT2D eigenvalue weighted by atomic mass is 35.5. The van der Waals surface area contributed by atoms with Crippen LogP contribution in [0.1, 0.15) is 12.5 Å². The van der Waals surface area contributed by atoms with Crippen LogP contribution in [0.3, 0.4) is 0 Å². The van der Waals surface area contributed by atoms with Crippen LogP contribution in [0, 0.1) is 0 Å². The lowest BCUT2D eigenvalue weighted by atomic mass is 10.2. The number of hydrogen-bond donors (Lipinski definition) is 2. The predicted octanol–water partition coefficient (Wildman–Crippen LogP) is 3.68. The predicted molar refractivity (Wildman–Crippen MR) is 96.0 cm³/mol. The van der Waals surface area contributed by atoms with E-state index in [9.17, 15) is 9.59 Å². The number of anilines is 2. The number of halogens is 1. The van der Waals surface area contributed by atoms with Crippen molar-refractivity contribution >= 4 is 40.9 Å². The average Bonchev–Trinajstić information content (AvgIpc) is 3.03. The van der Waals surface area contributed by atoms with Gasteiger partial charge in [0.1, 0.15) is 0 Å². The van der Waals surface area contributed by atoms with Gasteiger partial charge in [0, 0.05) is 18.0 Å². The molecule has 0 unspecified atom stereocenters. The summed E-state index contributed by atoms with van der Waals surface area (Å²) >= 11 is 5.96. The number of benzene rings is 2. The number of nitrogens with one attached hydrogen (secondary N) is 2. The van der Waals surface area contributed by atoms with Gasteiger partial charge in [-0.05, 0) is 42.0 Å². The van der Waals surface area contributed by atoms with Crippen molar-refractivity contribution in [2.75, 3.05) is 17.4 Å². The summed E-state index contributed by atoms with van der Waals surface area (Å²) in [5.74, 6) is 0.728. The molecule has 128 valence electrons. The molecule has 3 rings (SSSR count). The van der Waals surface area contributed by atoms with E-state index in [4.69, 9.17) is 21.1 Å². The van der Waals surface area contributed by atoms with Crippen molar-refractivity contribution in [3.05, 3.63) is 53.1 Å². The fraction of sp³-hybridized carbons (Fsp3) is 0.111. The first-order valence-electron chi connectivity index (χ1n) is 7.47. The first-order chi connectivity index (χ1) is 12.0. The van der Waals surface area contributed by atoms with Crippen molar-refractivity contribution in [3.63, 3.8) is 0 Å². The third-order valence-electron chi connectivity index (χ3n) is 3.37. The van der Waals surface area contributed by atoms with Crippen molar-refractivity contribution in [3.8, 4) is 11.5 Å². The zero-order valence-electron chi connectivity index (χ0n) is 13.3. The maximum Gasteiger partial charge on any atom is 0.248 e. The van der Waals surface area contributed by atoms with Crippen LogP contribution in [0.25, 0.3) is 6.08 Å². The van der Waals surface area contributed by atoms with E-state index in [0.717, 1.165) is 5.56 Å². The average molecular weight is 359 g/mol. The molecule has 1 aliphatic heterocycles. The Balaban J connectivity index is 1.72. The fourth-order valence-electron chi connectivity index (χ4n) is 2.28. The molecule has 0 spiro atoms. The summed E-state index contributed by atoms with van der Waals surface area (Å²) in [5, 5.41) is 5.79. The van der Waals surface area contributed by atoms with E-state index in [1.165, 1.54) is 13.0 Å². The van der Waals surface area contributed by atoms with Crippen LogP contribution in [0.5, 0.6) is 11.5 Å². The first-order valence-corrected chi connectivity index (χ1v) is 7.85. The summed E-state index contributed by atoms with van der Waals surface area (Å²) in [4.78, 5) is 23.4. The van der Waals surface area contributed by atoms with E-state index in [2.05, 4.69) is 10.6 Å². The highest BCUT2D eigenvalue weighted by molar-refractivity contribution is 6.31. The van der Waals surface area contributed by atoms with Gasteiger partial charge in [-0.25, -0.2) is 0 Å². The first kappa shape index (κ1) is 16.9. The van der Waals surface area contributed by atoms with E-state index >= 15 is 0 Å². The summed E-state index contributed by atoms with van der Waals surface area (Å²) in [5.41, 5.74) is 1.69. The topological polar surface area (TPSA) is 76.7 Å². The lowest BCUT2D eigenvalue weighted by molar-refractivity contribution is -0.114. The molecule has 0 bridgehead atoms. The van der Waals surface area contributed by atoms with E-state index in [0.29, 0.717) is 27.9 Å². The second-order valence-corrected chi connectivity index (χ2v) is 5.74. The number of carbonyl (C=O) groups excluding carboxylic acids is 2. The Kier molecular flexibility index (Phi) is 4.90. The molecule has 1 aliphatic rings. The molecule has 0 fully saturated rings. The number of fused-ring (bicyclic) bond motifs is 1. The van der Waals surface area contributed by atoms with Gasteiger partial charge >= 0.3 is 0 Å². The minimum Gasteiger partial charge on any atom is -0.454 e. The lowest BCUT2D eigenvalue weighted by Gasteiger charge is -2.10. The van der Waals surface area contributed by atoms with Crippen LogP contribution in [0.15, 0.2) is 42.5 Å². The molecule has 25 heavy (non-hydrogen) atoms. The summed E-state index contributed by atoms with van der Waals surface area (Å²) in [7, 11) is 0. The van der Waals surface area contributed by atoms with Gasteiger partial charge in [0.25, 0.3) is 0 Å². The highest BCUT2D eigenvalue weighted by Crippen LogP contribution is 2.32. The Bertz CT molecular complexity index is 864. The van der Waals surface area contributed by atoms with Gasteiger partial charge < -0.3 is 20.1 Å². The van der Waals surface area contributed by atoms with Crippen molar-refractivity contribution in [1.29, 1.82) is 0 Å². The maximum atomic E-state index is 12.2. The quantitative estimate of drug-likeness (QED) is 0.817. The van der Waals surface area contributed by atoms with Crippen LogP contribution in [-0.2, 0) is 9.59 Å². The second-order valence-electron chi connectivity index (χ2n) is 5.31. The van der Waals surface area contributed by atoms with E-state index in [1.807, 2.05) is 6.07 Å². The summed E-state index contributed by atoms with van der Waals surface area (Å²) in [6.45, 7) is 1.59. The van der Waals surface area contributed by atoms with Gasteiger partial charge in [0.05, 0.1) is 11.4 Å². The molecule has 6 nitrogen and oxygen atoms in total. The number of carbonyl (C=O) groups is 2. The molecule has 0 radical (unpaired) electrons. The lowest BCUT2D eigenvalue weighted by Crippen LogP contribution is -2.13. The molecule has 0 saturated carbocycles. The maximum absolute atomic E-state index is 12.2. The summed E-state index contributed by atoms with van der Waals surface area (Å²) in [6.07, 6.45) is 3.04. The Morgan fingerprint density at radius 2 is 1.84 bits per heavy atom. The number of ether oxygens (including phenoxy) is 2. The molecule has 2 aromatic rings. The van der Waals surface area contributed by atoms with Gasteiger partial charge in [0.15, 0.2) is 11.5 Å². The molecule has 2 amide bonds. The summed E-state index contributed by atoms with van der Waals surface area (Å²) in [6, 6.07) is 10.2. The van der Waals surface area contributed by atoms with Gasteiger partial charge in [-0.15, -0.1) is 0 Å². The monoisotopic (exact) mass is 358 g/mol. The summed E-state index contributed by atoms with van der Waals surface area (Å²) < 4.78 is 10.5. The number of rotatable bonds is 4. The molecule has 0 aliphatic carbocycles. The standard InChI is InChI=1S/C18H15ClN2O4/c1-11(22)20-14-5-4-13(19)9-15(14)21-18(23)7-3-12-2-6-16-17(8-12)25-10-24-16/h2-9H,10H2,1H3,(H,20,22)(H,21,23)/b7-3+. The van der Waals surface area contributed by atoms with Gasteiger partial charge in [0.2, 0.25) is 18.6 Å². The molecule has 2 aromatic carbocycles. The van der Waals surface area contributed by atoms with Crippen molar-refractivity contribution in [2.24, 2.45) is 0 Å². The van der Waals surface area contributed by atoms with Crippen LogP contribution < -0.4 is 20.1 Å². The minimum atomic E-state index is -0.355. The molecule has 7 heteroatoms. The Morgan fingerprint density at radius 3 is 2.64 bits per heavy atom. The van der Waals surface area contributed by atoms with Crippen LogP contribution in [-0.4, -0.2) is 18.6 Å². The van der Waals surface area contributed by atoms with Crippen LogP contribution >= 0.6 is 11.6 Å². The molecule has 0 atom stereocenters. The Morgan fingerprint density at radius 1 is 1.04 bits per heavy atom. The fourth-order valence-corrected chi connectivity index (χ4v) is 2.45. The Hall–Kier alpha value is -2.99. The van der Waals surface area contributed by atoms with Crippen molar-refractivity contribution in [2.45, 2.75) is 6.92 Å². The van der Waals surface area contributed by atoms with E-state index < -0.39 is 0 Å². The largest absolute Gasteiger partial charge is 0.454 e. The number of amides is 2. The smallest absolute Gasteiger partial charge is 0.248 e. The molecular weight excluding hydrogens is 344 g/mol. The minimum absolute atomic E-state index is 0.198. The second kappa shape index (κ2) is 7.27. The molecule has 1 heterocycles. The molecule has 2 N–H and O–H groups in total. The van der Waals surface area contributed by atoms with E-state index in [-0.39, 0.29) is 18.6 Å². The van der Waals surface area contributed by atoms with Crippen LogP contribution in [0.2, 0.25) is 5.02 Å². The molecule has 0 saturated heterocycles. The van der Waals surface area contributed by atoms with Crippen LogP contribution in [0.4, 0.5) is 11.4 Å².